The second-order valence-corrected chi connectivity index (χ2v) is 9.59. The van der Waals surface area contributed by atoms with Gasteiger partial charge >= 0.3 is 0 Å². The van der Waals surface area contributed by atoms with Gasteiger partial charge in [-0.2, -0.15) is 0 Å². The van der Waals surface area contributed by atoms with Crippen molar-refractivity contribution in [2.45, 2.75) is 44.0 Å². The van der Waals surface area contributed by atoms with Gasteiger partial charge in [0.05, 0.1) is 25.5 Å². The van der Waals surface area contributed by atoms with Crippen molar-refractivity contribution in [1.29, 1.82) is 0 Å². The average molecular weight is 447 g/mol. The molecule has 1 aliphatic heterocycles. The minimum absolute atomic E-state index is 0.0166. The highest BCUT2D eigenvalue weighted by Crippen LogP contribution is 2.28. The van der Waals surface area contributed by atoms with Gasteiger partial charge in [0.1, 0.15) is 0 Å². The van der Waals surface area contributed by atoms with Crippen LogP contribution in [0.25, 0.3) is 0 Å². The Bertz CT molecular complexity index is 1040. The van der Waals surface area contributed by atoms with Crippen molar-refractivity contribution in [3.8, 4) is 11.5 Å². The first-order valence-electron chi connectivity index (χ1n) is 10.3. The maximum atomic E-state index is 12.8. The van der Waals surface area contributed by atoms with E-state index in [9.17, 15) is 13.2 Å². The third kappa shape index (κ3) is 5.57. The zero-order chi connectivity index (χ0) is 22.6. The van der Waals surface area contributed by atoms with E-state index in [-0.39, 0.29) is 18.4 Å². The first-order chi connectivity index (χ1) is 14.7. The van der Waals surface area contributed by atoms with Crippen molar-refractivity contribution in [2.24, 2.45) is 0 Å². The highest BCUT2D eigenvalue weighted by Gasteiger charge is 2.27. The minimum Gasteiger partial charge on any atom is -0.493 e. The van der Waals surface area contributed by atoms with Crippen LogP contribution in [0.1, 0.15) is 29.5 Å². The van der Waals surface area contributed by atoms with Gasteiger partial charge in [0.25, 0.3) is 0 Å². The molecule has 1 heterocycles. The van der Waals surface area contributed by atoms with E-state index in [4.69, 9.17) is 9.47 Å². The van der Waals surface area contributed by atoms with E-state index in [1.807, 2.05) is 25.1 Å². The number of carbonyl (C=O) groups is 1. The third-order valence-electron chi connectivity index (χ3n) is 5.59. The van der Waals surface area contributed by atoms with Crippen molar-refractivity contribution in [2.75, 3.05) is 27.3 Å². The first kappa shape index (κ1) is 23.1. The molecular formula is C23H30N2O5S. The zero-order valence-corrected chi connectivity index (χ0v) is 19.3. The van der Waals surface area contributed by atoms with Gasteiger partial charge in [0, 0.05) is 19.1 Å². The molecule has 1 aliphatic rings. The Morgan fingerprint density at radius 2 is 1.71 bits per heavy atom. The predicted octanol–water partition coefficient (Wildman–Crippen LogP) is 2.83. The number of nitrogens with one attached hydrogen (secondary N) is 1. The number of aryl methyl sites for hydroxylation is 2. The lowest BCUT2D eigenvalue weighted by molar-refractivity contribution is -0.131. The molecule has 3 rings (SSSR count). The topological polar surface area (TPSA) is 84.9 Å². The van der Waals surface area contributed by atoms with Gasteiger partial charge in [-0.3, -0.25) is 4.79 Å². The summed E-state index contributed by atoms with van der Waals surface area (Å²) in [7, 11) is -0.454. The Kier molecular flexibility index (Phi) is 7.23. The molecule has 0 bridgehead atoms. The van der Waals surface area contributed by atoms with E-state index in [2.05, 4.69) is 4.72 Å². The average Bonchev–Trinajstić information content (AvgIpc) is 2.73. The van der Waals surface area contributed by atoms with Crippen molar-refractivity contribution < 1.29 is 22.7 Å². The second-order valence-electron chi connectivity index (χ2n) is 7.91. The van der Waals surface area contributed by atoms with E-state index in [0.717, 1.165) is 16.7 Å². The van der Waals surface area contributed by atoms with Gasteiger partial charge in [-0.1, -0.05) is 23.8 Å². The number of amides is 1. The molecule has 8 heteroatoms. The summed E-state index contributed by atoms with van der Waals surface area (Å²) in [4.78, 5) is 14.8. The summed E-state index contributed by atoms with van der Waals surface area (Å²) >= 11 is 0. The summed E-state index contributed by atoms with van der Waals surface area (Å²) in [6.07, 6.45) is 1.43. The molecule has 31 heavy (non-hydrogen) atoms. The zero-order valence-electron chi connectivity index (χ0n) is 18.5. The Balaban J connectivity index is 1.57. The van der Waals surface area contributed by atoms with Crippen molar-refractivity contribution in [3.05, 3.63) is 53.1 Å². The Hall–Kier alpha value is -2.58. The van der Waals surface area contributed by atoms with E-state index in [0.29, 0.717) is 42.3 Å². The van der Waals surface area contributed by atoms with Crippen LogP contribution in [0.3, 0.4) is 0 Å². The summed E-state index contributed by atoms with van der Waals surface area (Å²) in [5, 5.41) is 0. The van der Waals surface area contributed by atoms with E-state index in [1.165, 1.54) is 0 Å². The second kappa shape index (κ2) is 9.70. The molecule has 0 aliphatic carbocycles. The molecule has 0 aromatic heterocycles. The molecule has 0 unspecified atom stereocenters. The SMILES string of the molecule is COc1ccc(CC(=O)N2CCC(NS(=O)(=O)c3ccc(C)cc3C)CC2)cc1OC. The Labute approximate surface area is 184 Å². The standard InChI is InChI=1S/C23H30N2O5S/c1-16-5-8-22(17(2)13-16)31(27,28)24-19-9-11-25(12-10-19)23(26)15-18-6-7-20(29-3)21(14-18)30-4/h5-8,13-14,19,24H,9-12,15H2,1-4H3. The van der Waals surface area contributed by atoms with Crippen LogP contribution in [0.4, 0.5) is 0 Å². The monoisotopic (exact) mass is 446 g/mol. The quantitative estimate of drug-likeness (QED) is 0.707. The van der Waals surface area contributed by atoms with E-state index >= 15 is 0 Å². The van der Waals surface area contributed by atoms with Crippen LogP contribution >= 0.6 is 0 Å². The molecule has 1 saturated heterocycles. The fraction of sp³-hybridized carbons (Fsp3) is 0.435. The van der Waals surface area contributed by atoms with E-state index < -0.39 is 10.0 Å². The molecule has 1 N–H and O–H groups in total. The van der Waals surface area contributed by atoms with Crippen molar-refractivity contribution in [1.82, 2.24) is 9.62 Å². The molecular weight excluding hydrogens is 416 g/mol. The number of methoxy groups -OCH3 is 2. The van der Waals surface area contributed by atoms with E-state index in [1.54, 1.807) is 44.2 Å². The first-order valence-corrected chi connectivity index (χ1v) is 11.8. The van der Waals surface area contributed by atoms with Crippen LogP contribution in [0.2, 0.25) is 0 Å². The largest absolute Gasteiger partial charge is 0.493 e. The number of rotatable bonds is 7. The molecule has 0 atom stereocenters. The number of likely N-dealkylation sites (tertiary alicyclic amines) is 1. The van der Waals surface area contributed by atoms with Gasteiger partial charge in [0.15, 0.2) is 11.5 Å². The summed E-state index contributed by atoms with van der Waals surface area (Å²) in [6, 6.07) is 10.6. The molecule has 2 aromatic carbocycles. The van der Waals surface area contributed by atoms with Gasteiger partial charge in [-0.05, 0) is 56.0 Å². The fourth-order valence-electron chi connectivity index (χ4n) is 3.91. The highest BCUT2D eigenvalue weighted by atomic mass is 32.2. The van der Waals surface area contributed by atoms with Gasteiger partial charge in [-0.15, -0.1) is 0 Å². The molecule has 1 fully saturated rings. The Morgan fingerprint density at radius 3 is 2.32 bits per heavy atom. The number of piperidine rings is 1. The highest BCUT2D eigenvalue weighted by molar-refractivity contribution is 7.89. The number of hydrogen-bond donors (Lipinski definition) is 1. The lowest BCUT2D eigenvalue weighted by Crippen LogP contribution is -2.47. The van der Waals surface area contributed by atoms with Crippen LogP contribution in [0.15, 0.2) is 41.3 Å². The normalized spacial score (nSPS) is 15.0. The minimum atomic E-state index is -3.59. The smallest absolute Gasteiger partial charge is 0.241 e. The summed E-state index contributed by atoms with van der Waals surface area (Å²) < 4.78 is 38.9. The lowest BCUT2D eigenvalue weighted by atomic mass is 10.0. The molecule has 0 radical (unpaired) electrons. The maximum Gasteiger partial charge on any atom is 0.241 e. The third-order valence-corrected chi connectivity index (χ3v) is 7.27. The summed E-state index contributed by atoms with van der Waals surface area (Å²) in [5.41, 5.74) is 2.60. The number of benzene rings is 2. The van der Waals surface area contributed by atoms with Crippen LogP contribution in [0, 0.1) is 13.8 Å². The van der Waals surface area contributed by atoms with Gasteiger partial charge in [-0.25, -0.2) is 13.1 Å². The van der Waals surface area contributed by atoms with Crippen LogP contribution in [0.5, 0.6) is 11.5 Å². The molecule has 0 spiro atoms. The maximum absolute atomic E-state index is 12.8. The number of nitrogens with zero attached hydrogens (tertiary/aromatic N) is 1. The van der Waals surface area contributed by atoms with Crippen LogP contribution in [-0.4, -0.2) is 52.6 Å². The van der Waals surface area contributed by atoms with Crippen molar-refractivity contribution >= 4 is 15.9 Å². The lowest BCUT2D eigenvalue weighted by Gasteiger charge is -2.32. The molecule has 7 nitrogen and oxygen atoms in total. The predicted molar refractivity (Wildman–Crippen MR) is 119 cm³/mol. The number of ether oxygens (including phenoxy) is 2. The number of hydrogen-bond acceptors (Lipinski definition) is 5. The fourth-order valence-corrected chi connectivity index (χ4v) is 5.44. The van der Waals surface area contributed by atoms with Gasteiger partial charge in [0.2, 0.25) is 15.9 Å². The summed E-state index contributed by atoms with van der Waals surface area (Å²) in [6.45, 7) is 4.78. The molecule has 168 valence electrons. The molecule has 0 saturated carbocycles. The Morgan fingerprint density at radius 1 is 1.03 bits per heavy atom. The van der Waals surface area contributed by atoms with Crippen molar-refractivity contribution in [3.63, 3.8) is 0 Å². The summed E-state index contributed by atoms with van der Waals surface area (Å²) in [5.74, 6) is 1.23. The molecule has 2 aromatic rings. The van der Waals surface area contributed by atoms with Crippen LogP contribution in [-0.2, 0) is 21.2 Å². The van der Waals surface area contributed by atoms with Crippen LogP contribution < -0.4 is 14.2 Å². The number of carbonyl (C=O) groups excluding carboxylic acids is 1. The van der Waals surface area contributed by atoms with Gasteiger partial charge < -0.3 is 14.4 Å². The molecule has 1 amide bonds. The number of sulfonamides is 1.